The van der Waals surface area contributed by atoms with Gasteiger partial charge in [-0.3, -0.25) is 4.68 Å². The molecule has 0 aliphatic carbocycles. The van der Waals surface area contributed by atoms with Gasteiger partial charge in [-0.05, 0) is 56.9 Å². The third kappa shape index (κ3) is 2.65. The standard InChI is InChI=1S/C16H23N3/c1-10-7-12(3)15(8-11(10)2)9-17-16-13(4)18-19(6)14(16)5/h7-8,17H,9H2,1-6H3. The largest absolute Gasteiger partial charge is 0.378 e. The van der Waals surface area contributed by atoms with E-state index in [0.717, 1.165) is 17.9 Å². The molecule has 0 radical (unpaired) electrons. The molecule has 0 amide bonds. The molecule has 102 valence electrons. The van der Waals surface area contributed by atoms with E-state index in [4.69, 9.17) is 0 Å². The van der Waals surface area contributed by atoms with Crippen LogP contribution in [0.1, 0.15) is 33.6 Å². The number of hydrogen-bond donors (Lipinski definition) is 1. The first-order valence-corrected chi connectivity index (χ1v) is 6.71. The third-order valence-corrected chi connectivity index (χ3v) is 3.92. The summed E-state index contributed by atoms with van der Waals surface area (Å²) in [7, 11) is 1.98. The first-order valence-electron chi connectivity index (χ1n) is 6.71. The molecule has 2 aromatic rings. The zero-order valence-corrected chi connectivity index (χ0v) is 12.8. The van der Waals surface area contributed by atoms with Crippen molar-refractivity contribution in [3.05, 3.63) is 45.8 Å². The minimum atomic E-state index is 0.848. The fourth-order valence-corrected chi connectivity index (χ4v) is 2.42. The van der Waals surface area contributed by atoms with Crippen LogP contribution in [-0.2, 0) is 13.6 Å². The lowest BCUT2D eigenvalue weighted by Crippen LogP contribution is -2.04. The van der Waals surface area contributed by atoms with E-state index in [0.29, 0.717) is 0 Å². The lowest BCUT2D eigenvalue weighted by atomic mass is 10.0. The van der Waals surface area contributed by atoms with Crippen molar-refractivity contribution in [1.82, 2.24) is 9.78 Å². The van der Waals surface area contributed by atoms with Gasteiger partial charge in [0.15, 0.2) is 0 Å². The summed E-state index contributed by atoms with van der Waals surface area (Å²) in [6.07, 6.45) is 0. The summed E-state index contributed by atoms with van der Waals surface area (Å²) in [6.45, 7) is 11.5. The van der Waals surface area contributed by atoms with Gasteiger partial charge in [-0.15, -0.1) is 0 Å². The topological polar surface area (TPSA) is 29.9 Å². The van der Waals surface area contributed by atoms with E-state index in [1.807, 2.05) is 18.7 Å². The summed E-state index contributed by atoms with van der Waals surface area (Å²) >= 11 is 0. The molecule has 3 heteroatoms. The summed E-state index contributed by atoms with van der Waals surface area (Å²) in [6, 6.07) is 4.54. The average molecular weight is 257 g/mol. The summed E-state index contributed by atoms with van der Waals surface area (Å²) < 4.78 is 1.92. The molecule has 0 atom stereocenters. The predicted molar refractivity (Wildman–Crippen MR) is 80.7 cm³/mol. The molecule has 0 unspecified atom stereocenters. The molecule has 0 bridgehead atoms. The van der Waals surface area contributed by atoms with Crippen LogP contribution in [0.25, 0.3) is 0 Å². The highest BCUT2D eigenvalue weighted by atomic mass is 15.3. The van der Waals surface area contributed by atoms with Crippen molar-refractivity contribution in [2.45, 2.75) is 41.2 Å². The van der Waals surface area contributed by atoms with E-state index >= 15 is 0 Å². The van der Waals surface area contributed by atoms with Crippen molar-refractivity contribution in [3.63, 3.8) is 0 Å². The smallest absolute Gasteiger partial charge is 0.0827 e. The number of benzene rings is 1. The molecular weight excluding hydrogens is 234 g/mol. The minimum Gasteiger partial charge on any atom is -0.378 e. The van der Waals surface area contributed by atoms with Gasteiger partial charge in [-0.25, -0.2) is 0 Å². The minimum absolute atomic E-state index is 0.848. The van der Waals surface area contributed by atoms with Crippen molar-refractivity contribution < 1.29 is 0 Å². The van der Waals surface area contributed by atoms with Gasteiger partial charge in [0.05, 0.1) is 17.1 Å². The second kappa shape index (κ2) is 5.08. The number of hydrogen-bond acceptors (Lipinski definition) is 2. The van der Waals surface area contributed by atoms with Crippen molar-refractivity contribution in [1.29, 1.82) is 0 Å². The van der Waals surface area contributed by atoms with Gasteiger partial charge in [-0.2, -0.15) is 5.10 Å². The Bertz CT molecular complexity index is 609. The third-order valence-electron chi connectivity index (χ3n) is 3.92. The zero-order chi connectivity index (χ0) is 14.2. The summed E-state index contributed by atoms with van der Waals surface area (Å²) in [4.78, 5) is 0. The van der Waals surface area contributed by atoms with Crippen molar-refractivity contribution >= 4 is 5.69 Å². The van der Waals surface area contributed by atoms with E-state index in [9.17, 15) is 0 Å². The lowest BCUT2D eigenvalue weighted by molar-refractivity contribution is 0.731. The molecule has 0 aliphatic rings. The normalized spacial score (nSPS) is 10.8. The van der Waals surface area contributed by atoms with Crippen LogP contribution in [0.4, 0.5) is 5.69 Å². The SMILES string of the molecule is Cc1cc(C)c(CNc2c(C)nn(C)c2C)cc1C. The fourth-order valence-electron chi connectivity index (χ4n) is 2.42. The molecule has 2 rings (SSSR count). The Kier molecular flexibility index (Phi) is 3.65. The Morgan fingerprint density at radius 1 is 1.00 bits per heavy atom. The van der Waals surface area contributed by atoms with Gasteiger partial charge in [0.1, 0.15) is 0 Å². The average Bonchev–Trinajstić information content (AvgIpc) is 2.57. The molecule has 19 heavy (non-hydrogen) atoms. The van der Waals surface area contributed by atoms with Crippen LogP contribution in [0.2, 0.25) is 0 Å². The van der Waals surface area contributed by atoms with E-state index in [1.54, 1.807) is 0 Å². The van der Waals surface area contributed by atoms with Crippen molar-refractivity contribution in [2.75, 3.05) is 5.32 Å². The van der Waals surface area contributed by atoms with E-state index in [1.165, 1.54) is 27.9 Å². The molecule has 0 saturated heterocycles. The van der Waals surface area contributed by atoms with Crippen LogP contribution >= 0.6 is 0 Å². The number of anilines is 1. The number of rotatable bonds is 3. The van der Waals surface area contributed by atoms with Crippen LogP contribution in [0, 0.1) is 34.6 Å². The maximum absolute atomic E-state index is 4.43. The van der Waals surface area contributed by atoms with Crippen molar-refractivity contribution in [3.8, 4) is 0 Å². The molecule has 0 aliphatic heterocycles. The van der Waals surface area contributed by atoms with Gasteiger partial charge in [0.2, 0.25) is 0 Å². The first kappa shape index (κ1) is 13.7. The molecule has 3 nitrogen and oxygen atoms in total. The molecule has 0 spiro atoms. The van der Waals surface area contributed by atoms with Crippen LogP contribution in [-0.4, -0.2) is 9.78 Å². The summed E-state index contributed by atoms with van der Waals surface area (Å²) in [5, 5.41) is 7.95. The zero-order valence-electron chi connectivity index (χ0n) is 12.8. The van der Waals surface area contributed by atoms with E-state index in [2.05, 4.69) is 50.2 Å². The molecular formula is C16H23N3. The number of aromatic nitrogens is 2. The van der Waals surface area contributed by atoms with E-state index in [-0.39, 0.29) is 0 Å². The number of nitrogens with zero attached hydrogens (tertiary/aromatic N) is 2. The molecule has 1 aromatic heterocycles. The quantitative estimate of drug-likeness (QED) is 0.911. The van der Waals surface area contributed by atoms with Gasteiger partial charge in [-0.1, -0.05) is 12.1 Å². The van der Waals surface area contributed by atoms with Gasteiger partial charge >= 0.3 is 0 Å². The highest BCUT2D eigenvalue weighted by Gasteiger charge is 2.09. The lowest BCUT2D eigenvalue weighted by Gasteiger charge is -2.12. The Labute approximate surface area is 115 Å². The molecule has 1 aromatic carbocycles. The maximum Gasteiger partial charge on any atom is 0.0827 e. The van der Waals surface area contributed by atoms with Gasteiger partial charge in [0.25, 0.3) is 0 Å². The first-order chi connectivity index (χ1) is 8.90. The fraction of sp³-hybridized carbons (Fsp3) is 0.438. The Balaban J connectivity index is 2.21. The number of nitrogens with one attached hydrogen (secondary N) is 1. The Morgan fingerprint density at radius 2 is 1.63 bits per heavy atom. The maximum atomic E-state index is 4.43. The monoisotopic (exact) mass is 257 g/mol. The Hall–Kier alpha value is -1.77. The van der Waals surface area contributed by atoms with Crippen LogP contribution in [0.5, 0.6) is 0 Å². The molecule has 0 fully saturated rings. The van der Waals surface area contributed by atoms with Gasteiger partial charge < -0.3 is 5.32 Å². The van der Waals surface area contributed by atoms with Crippen LogP contribution in [0.3, 0.4) is 0 Å². The van der Waals surface area contributed by atoms with Crippen LogP contribution < -0.4 is 5.32 Å². The predicted octanol–water partition coefficient (Wildman–Crippen LogP) is 3.57. The second-order valence-electron chi connectivity index (χ2n) is 5.39. The second-order valence-corrected chi connectivity index (χ2v) is 5.39. The molecule has 1 N–H and O–H groups in total. The van der Waals surface area contributed by atoms with Crippen LogP contribution in [0.15, 0.2) is 12.1 Å². The molecule has 0 saturated carbocycles. The number of aryl methyl sites for hydroxylation is 5. The highest BCUT2D eigenvalue weighted by Crippen LogP contribution is 2.21. The van der Waals surface area contributed by atoms with Crippen molar-refractivity contribution in [2.24, 2.45) is 7.05 Å². The highest BCUT2D eigenvalue weighted by molar-refractivity contribution is 5.52. The summed E-state index contributed by atoms with van der Waals surface area (Å²) in [5.74, 6) is 0. The molecule has 1 heterocycles. The van der Waals surface area contributed by atoms with Gasteiger partial charge in [0, 0.05) is 13.6 Å². The van der Waals surface area contributed by atoms with E-state index < -0.39 is 0 Å². The summed E-state index contributed by atoms with van der Waals surface area (Å²) in [5.41, 5.74) is 8.79. The Morgan fingerprint density at radius 3 is 2.21 bits per heavy atom.